The lowest BCUT2D eigenvalue weighted by atomic mass is 10.3. The van der Waals surface area contributed by atoms with Crippen molar-refractivity contribution in [1.29, 1.82) is 0 Å². The zero-order valence-corrected chi connectivity index (χ0v) is 9.40. The number of nitrogens with one attached hydrogen (secondary N) is 1. The topological polar surface area (TPSA) is 67.1 Å². The van der Waals surface area contributed by atoms with Gasteiger partial charge in [0.15, 0.2) is 0 Å². The van der Waals surface area contributed by atoms with Crippen LogP contribution in [0.2, 0.25) is 0 Å². The maximum absolute atomic E-state index is 5.43. The lowest BCUT2D eigenvalue weighted by Crippen LogP contribution is -2.14. The number of hydrogen-bond donors (Lipinski definition) is 2. The Morgan fingerprint density at radius 1 is 1.27 bits per heavy atom. The Labute approximate surface area is 90.7 Å². The van der Waals surface area contributed by atoms with Crippen molar-refractivity contribution in [1.82, 2.24) is 15.1 Å². The summed E-state index contributed by atoms with van der Waals surface area (Å²) in [6.07, 6.45) is 2.31. The molecule has 0 bridgehead atoms. The number of rotatable bonds is 6. The molecule has 3 N–H and O–H groups in total. The van der Waals surface area contributed by atoms with Gasteiger partial charge in [0.05, 0.1) is 0 Å². The molecular weight excluding hydrogens is 190 g/mol. The molecule has 0 saturated heterocycles. The van der Waals surface area contributed by atoms with E-state index in [0.29, 0.717) is 5.82 Å². The molecule has 0 unspecified atom stereocenters. The molecule has 5 heteroatoms. The normalized spacial score (nSPS) is 10.6. The highest BCUT2D eigenvalue weighted by molar-refractivity contribution is 5.38. The van der Waals surface area contributed by atoms with Crippen molar-refractivity contribution in [3.05, 3.63) is 12.1 Å². The number of nitrogens with zero attached hydrogens (tertiary/aromatic N) is 3. The minimum absolute atomic E-state index is 0.452. The molecule has 0 spiro atoms. The van der Waals surface area contributed by atoms with E-state index < -0.39 is 0 Å². The van der Waals surface area contributed by atoms with Gasteiger partial charge in [-0.1, -0.05) is 0 Å². The average molecular weight is 209 g/mol. The Morgan fingerprint density at radius 3 is 2.67 bits per heavy atom. The third-order valence-electron chi connectivity index (χ3n) is 2.02. The summed E-state index contributed by atoms with van der Waals surface area (Å²) in [7, 11) is 4.16. The lowest BCUT2D eigenvalue weighted by Gasteiger charge is -2.09. The molecular formula is C10H19N5. The Kier molecular flexibility index (Phi) is 4.83. The highest BCUT2D eigenvalue weighted by Gasteiger charge is 1.94. The van der Waals surface area contributed by atoms with Crippen molar-refractivity contribution < 1.29 is 0 Å². The van der Waals surface area contributed by atoms with E-state index in [1.165, 1.54) is 6.42 Å². The molecule has 1 heterocycles. The number of nitrogen functional groups attached to an aromatic ring is 1. The number of unbranched alkanes of at least 4 members (excludes halogenated alkanes) is 1. The van der Waals surface area contributed by atoms with E-state index in [9.17, 15) is 0 Å². The smallest absolute Gasteiger partial charge is 0.148 e. The standard InChI is InChI=1S/C10H19N5/c1-15(2)8-4-3-7-12-10-6-5-9(11)13-14-10/h5-6H,3-4,7-8H2,1-2H3,(H2,11,13)(H,12,14). The van der Waals surface area contributed by atoms with Crippen molar-refractivity contribution in [3.8, 4) is 0 Å². The summed E-state index contributed by atoms with van der Waals surface area (Å²) in [5.74, 6) is 1.24. The highest BCUT2D eigenvalue weighted by atomic mass is 15.2. The van der Waals surface area contributed by atoms with Gasteiger partial charge in [-0.3, -0.25) is 0 Å². The van der Waals surface area contributed by atoms with Gasteiger partial charge in [0.25, 0.3) is 0 Å². The van der Waals surface area contributed by atoms with Gasteiger partial charge < -0.3 is 16.0 Å². The first-order valence-electron chi connectivity index (χ1n) is 5.16. The molecule has 0 aliphatic carbocycles. The van der Waals surface area contributed by atoms with Gasteiger partial charge in [0.1, 0.15) is 11.6 Å². The monoisotopic (exact) mass is 209 g/mol. The summed E-state index contributed by atoms with van der Waals surface area (Å²) in [5, 5.41) is 10.9. The van der Waals surface area contributed by atoms with Gasteiger partial charge in [-0.05, 0) is 45.6 Å². The maximum atomic E-state index is 5.43. The van der Waals surface area contributed by atoms with E-state index in [2.05, 4.69) is 34.5 Å². The van der Waals surface area contributed by atoms with Crippen LogP contribution >= 0.6 is 0 Å². The van der Waals surface area contributed by atoms with Gasteiger partial charge in [-0.15, -0.1) is 10.2 Å². The number of nitrogens with two attached hydrogens (primary N) is 1. The highest BCUT2D eigenvalue weighted by Crippen LogP contribution is 2.02. The predicted octanol–water partition coefficient (Wildman–Crippen LogP) is 0.812. The lowest BCUT2D eigenvalue weighted by molar-refractivity contribution is 0.396. The summed E-state index contributed by atoms with van der Waals surface area (Å²) >= 11 is 0. The van der Waals surface area contributed by atoms with Crippen molar-refractivity contribution in [2.24, 2.45) is 0 Å². The summed E-state index contributed by atoms with van der Waals surface area (Å²) in [4.78, 5) is 2.18. The van der Waals surface area contributed by atoms with Crippen LogP contribution in [-0.2, 0) is 0 Å². The van der Waals surface area contributed by atoms with Crippen LogP contribution in [-0.4, -0.2) is 42.3 Å². The van der Waals surface area contributed by atoms with Crippen LogP contribution in [0.25, 0.3) is 0 Å². The molecule has 0 aliphatic heterocycles. The second kappa shape index (κ2) is 6.19. The van der Waals surface area contributed by atoms with Crippen molar-refractivity contribution in [2.45, 2.75) is 12.8 Å². The van der Waals surface area contributed by atoms with Crippen molar-refractivity contribution in [2.75, 3.05) is 38.2 Å². The van der Waals surface area contributed by atoms with Crippen molar-refractivity contribution in [3.63, 3.8) is 0 Å². The minimum Gasteiger partial charge on any atom is -0.382 e. The molecule has 5 nitrogen and oxygen atoms in total. The van der Waals surface area contributed by atoms with Crippen LogP contribution in [0.4, 0.5) is 11.6 Å². The van der Waals surface area contributed by atoms with E-state index in [0.717, 1.165) is 25.3 Å². The first-order chi connectivity index (χ1) is 7.18. The fourth-order valence-electron chi connectivity index (χ4n) is 1.21. The van der Waals surface area contributed by atoms with Gasteiger partial charge in [0.2, 0.25) is 0 Å². The molecule has 0 atom stereocenters. The van der Waals surface area contributed by atoms with Crippen LogP contribution in [0.5, 0.6) is 0 Å². The summed E-state index contributed by atoms with van der Waals surface area (Å²) < 4.78 is 0. The molecule has 0 radical (unpaired) electrons. The molecule has 0 amide bonds. The number of hydrogen-bond acceptors (Lipinski definition) is 5. The summed E-state index contributed by atoms with van der Waals surface area (Å²) in [5.41, 5.74) is 5.43. The van der Waals surface area contributed by atoms with Gasteiger partial charge >= 0.3 is 0 Å². The molecule has 1 aromatic rings. The molecule has 15 heavy (non-hydrogen) atoms. The molecule has 1 rings (SSSR count). The second-order valence-corrected chi connectivity index (χ2v) is 3.78. The fraction of sp³-hybridized carbons (Fsp3) is 0.600. The Balaban J connectivity index is 2.12. The Hall–Kier alpha value is -1.36. The largest absolute Gasteiger partial charge is 0.382 e. The molecule has 0 fully saturated rings. The third-order valence-corrected chi connectivity index (χ3v) is 2.02. The van der Waals surface area contributed by atoms with E-state index in [1.807, 2.05) is 6.07 Å². The zero-order valence-electron chi connectivity index (χ0n) is 9.40. The quantitative estimate of drug-likeness (QED) is 0.679. The number of anilines is 2. The average Bonchev–Trinajstić information content (AvgIpc) is 2.20. The second-order valence-electron chi connectivity index (χ2n) is 3.78. The van der Waals surface area contributed by atoms with Crippen LogP contribution in [0.15, 0.2) is 12.1 Å². The van der Waals surface area contributed by atoms with E-state index >= 15 is 0 Å². The molecule has 0 aromatic carbocycles. The minimum atomic E-state index is 0.452. The van der Waals surface area contributed by atoms with Crippen LogP contribution in [0.3, 0.4) is 0 Å². The van der Waals surface area contributed by atoms with Gasteiger partial charge in [-0.25, -0.2) is 0 Å². The fourth-order valence-corrected chi connectivity index (χ4v) is 1.21. The summed E-state index contributed by atoms with van der Waals surface area (Å²) in [6, 6.07) is 3.59. The number of aromatic nitrogens is 2. The Morgan fingerprint density at radius 2 is 2.07 bits per heavy atom. The summed E-state index contributed by atoms with van der Waals surface area (Å²) in [6.45, 7) is 2.04. The van der Waals surface area contributed by atoms with Crippen LogP contribution in [0, 0.1) is 0 Å². The first kappa shape index (κ1) is 11.7. The van der Waals surface area contributed by atoms with Crippen LogP contribution < -0.4 is 11.1 Å². The first-order valence-corrected chi connectivity index (χ1v) is 5.16. The van der Waals surface area contributed by atoms with Gasteiger partial charge in [0, 0.05) is 6.54 Å². The Bertz CT molecular complexity index is 270. The maximum Gasteiger partial charge on any atom is 0.148 e. The zero-order chi connectivity index (χ0) is 11.1. The molecule has 84 valence electrons. The molecule has 0 saturated carbocycles. The molecule has 1 aromatic heterocycles. The SMILES string of the molecule is CN(C)CCCCNc1ccc(N)nn1. The molecule has 0 aliphatic rings. The van der Waals surface area contributed by atoms with Crippen molar-refractivity contribution >= 4 is 11.6 Å². The van der Waals surface area contributed by atoms with E-state index in [1.54, 1.807) is 6.07 Å². The van der Waals surface area contributed by atoms with E-state index in [-0.39, 0.29) is 0 Å². The predicted molar refractivity (Wildman–Crippen MR) is 62.7 cm³/mol. The van der Waals surface area contributed by atoms with Gasteiger partial charge in [-0.2, -0.15) is 0 Å². The van der Waals surface area contributed by atoms with E-state index in [4.69, 9.17) is 5.73 Å². The third kappa shape index (κ3) is 5.17. The van der Waals surface area contributed by atoms with Crippen LogP contribution in [0.1, 0.15) is 12.8 Å².